The normalized spacial score (nSPS) is 13.6. The molecule has 3 aromatic carbocycles. The Bertz CT molecular complexity index is 1380. The summed E-state index contributed by atoms with van der Waals surface area (Å²) >= 11 is 0. The monoisotopic (exact) mass is 519 g/mol. The fourth-order valence-electron chi connectivity index (χ4n) is 4.27. The summed E-state index contributed by atoms with van der Waals surface area (Å²) in [5.74, 6) is -0.217. The number of aryl methyl sites for hydroxylation is 3. The molecule has 0 unspecified atom stereocenters. The summed E-state index contributed by atoms with van der Waals surface area (Å²) in [5.41, 5.74) is 5.31. The lowest BCUT2D eigenvalue weighted by Gasteiger charge is -2.25. The highest BCUT2D eigenvalue weighted by Gasteiger charge is 2.27. The van der Waals surface area contributed by atoms with Gasteiger partial charge in [-0.15, -0.1) is 0 Å². The number of anilines is 1. The first kappa shape index (κ1) is 26.4. The molecule has 0 bridgehead atoms. The number of rotatable bonds is 9. The molecule has 1 heterocycles. The van der Waals surface area contributed by atoms with Crippen molar-refractivity contribution in [1.82, 2.24) is 10.2 Å². The molecule has 3 aromatic rings. The largest absolute Gasteiger partial charge is 0.350 e. The van der Waals surface area contributed by atoms with Crippen molar-refractivity contribution in [3.05, 3.63) is 94.5 Å². The summed E-state index contributed by atoms with van der Waals surface area (Å²) in [6.45, 7) is 7.08. The number of carbonyl (C=O) groups is 2. The van der Waals surface area contributed by atoms with Crippen LogP contribution in [0.1, 0.15) is 40.7 Å². The Balaban J connectivity index is 1.46. The minimum absolute atomic E-state index is 0.135. The smallest absolute Gasteiger partial charge is 0.264 e. The van der Waals surface area contributed by atoms with Crippen molar-refractivity contribution in [3.8, 4) is 0 Å². The van der Waals surface area contributed by atoms with Gasteiger partial charge in [-0.1, -0.05) is 48.0 Å². The zero-order valence-electron chi connectivity index (χ0n) is 21.5. The number of hydrogen-bond acceptors (Lipinski definition) is 4. The Morgan fingerprint density at radius 1 is 0.919 bits per heavy atom. The molecule has 0 aromatic heterocycles. The average Bonchev–Trinajstić information content (AvgIpc) is 3.28. The predicted molar refractivity (Wildman–Crippen MR) is 145 cm³/mol. The fourth-order valence-corrected chi connectivity index (χ4v) is 5.69. The molecule has 7 nitrogen and oxygen atoms in total. The lowest BCUT2D eigenvalue weighted by Crippen LogP contribution is -2.40. The highest BCUT2D eigenvalue weighted by Crippen LogP contribution is 2.26. The van der Waals surface area contributed by atoms with Crippen LogP contribution in [0.25, 0.3) is 0 Å². The molecule has 8 heteroatoms. The quantitative estimate of drug-likeness (QED) is 0.458. The lowest BCUT2D eigenvalue weighted by molar-refractivity contribution is -0.128. The number of likely N-dealkylation sites (tertiary alicyclic amines) is 1. The molecule has 1 N–H and O–H groups in total. The van der Waals surface area contributed by atoms with Gasteiger partial charge in [0.25, 0.3) is 10.0 Å². The summed E-state index contributed by atoms with van der Waals surface area (Å²) in [7, 11) is -3.96. The number of sulfonamides is 1. The van der Waals surface area contributed by atoms with Gasteiger partial charge >= 0.3 is 0 Å². The minimum Gasteiger partial charge on any atom is -0.350 e. The van der Waals surface area contributed by atoms with Gasteiger partial charge in [0.2, 0.25) is 11.8 Å². The van der Waals surface area contributed by atoms with Crippen molar-refractivity contribution in [2.75, 3.05) is 17.4 Å². The van der Waals surface area contributed by atoms with Crippen molar-refractivity contribution >= 4 is 27.5 Å². The molecule has 1 aliphatic heterocycles. The molecule has 0 atom stereocenters. The van der Waals surface area contributed by atoms with Crippen LogP contribution in [0.15, 0.2) is 71.6 Å². The molecule has 1 fully saturated rings. The van der Waals surface area contributed by atoms with Crippen molar-refractivity contribution in [1.29, 1.82) is 0 Å². The van der Waals surface area contributed by atoms with E-state index in [4.69, 9.17) is 0 Å². The van der Waals surface area contributed by atoms with E-state index in [-0.39, 0.29) is 23.9 Å². The Labute approximate surface area is 219 Å². The second-order valence-corrected chi connectivity index (χ2v) is 11.5. The highest BCUT2D eigenvalue weighted by molar-refractivity contribution is 7.92. The first-order valence-electron chi connectivity index (χ1n) is 12.4. The molecular formula is C29H33N3O4S. The molecule has 4 rings (SSSR count). The van der Waals surface area contributed by atoms with Gasteiger partial charge in [0.1, 0.15) is 6.54 Å². The fraction of sp³-hybridized carbons (Fsp3) is 0.310. The van der Waals surface area contributed by atoms with E-state index in [2.05, 4.69) is 5.32 Å². The predicted octanol–water partition coefficient (Wildman–Crippen LogP) is 4.25. The topological polar surface area (TPSA) is 86.8 Å². The average molecular weight is 520 g/mol. The van der Waals surface area contributed by atoms with Crippen LogP contribution in [0.3, 0.4) is 0 Å². The molecular weight excluding hydrogens is 486 g/mol. The van der Waals surface area contributed by atoms with Gasteiger partial charge in [0, 0.05) is 26.1 Å². The van der Waals surface area contributed by atoms with Crippen LogP contribution in [0.5, 0.6) is 0 Å². The third-order valence-electron chi connectivity index (χ3n) is 6.73. The van der Waals surface area contributed by atoms with E-state index in [1.54, 1.807) is 36.4 Å². The van der Waals surface area contributed by atoms with E-state index in [0.717, 1.165) is 45.1 Å². The first-order valence-corrected chi connectivity index (χ1v) is 13.9. The van der Waals surface area contributed by atoms with E-state index in [1.807, 2.05) is 56.0 Å². The molecule has 0 aliphatic carbocycles. The van der Waals surface area contributed by atoms with Gasteiger partial charge in [-0.25, -0.2) is 8.42 Å². The number of amides is 2. The number of benzene rings is 3. The van der Waals surface area contributed by atoms with Crippen LogP contribution in [0.4, 0.5) is 5.69 Å². The number of nitrogens with zero attached hydrogens (tertiary/aromatic N) is 2. The zero-order valence-corrected chi connectivity index (χ0v) is 22.3. The molecule has 194 valence electrons. The van der Waals surface area contributed by atoms with Gasteiger partial charge < -0.3 is 10.2 Å². The van der Waals surface area contributed by atoms with E-state index in [1.165, 1.54) is 0 Å². The summed E-state index contributed by atoms with van der Waals surface area (Å²) in [5, 5.41) is 2.85. The maximum absolute atomic E-state index is 13.6. The molecule has 1 saturated heterocycles. The van der Waals surface area contributed by atoms with Gasteiger partial charge in [-0.2, -0.15) is 0 Å². The number of carbonyl (C=O) groups excluding carboxylic acids is 2. The lowest BCUT2D eigenvalue weighted by atomic mass is 10.1. The maximum Gasteiger partial charge on any atom is 0.264 e. The van der Waals surface area contributed by atoms with Crippen LogP contribution in [-0.4, -0.2) is 38.2 Å². The highest BCUT2D eigenvalue weighted by atomic mass is 32.2. The Morgan fingerprint density at radius 3 is 2.22 bits per heavy atom. The molecule has 37 heavy (non-hydrogen) atoms. The molecule has 0 spiro atoms. The Hall–Kier alpha value is -3.65. The van der Waals surface area contributed by atoms with Crippen LogP contribution >= 0.6 is 0 Å². The molecule has 1 aliphatic rings. The first-order chi connectivity index (χ1) is 17.6. The van der Waals surface area contributed by atoms with E-state index < -0.39 is 15.9 Å². The Kier molecular flexibility index (Phi) is 7.97. The molecule has 0 radical (unpaired) electrons. The van der Waals surface area contributed by atoms with E-state index in [0.29, 0.717) is 18.7 Å². The molecule has 2 amide bonds. The summed E-state index contributed by atoms with van der Waals surface area (Å²) in [6, 6.07) is 19.7. The van der Waals surface area contributed by atoms with Gasteiger partial charge in [0.05, 0.1) is 10.6 Å². The van der Waals surface area contributed by atoms with E-state index >= 15 is 0 Å². The number of hydrogen-bond donors (Lipinski definition) is 1. The van der Waals surface area contributed by atoms with Gasteiger partial charge in [-0.05, 0) is 73.7 Å². The van der Waals surface area contributed by atoms with Crippen molar-refractivity contribution < 1.29 is 18.0 Å². The van der Waals surface area contributed by atoms with Crippen LogP contribution in [0, 0.1) is 20.8 Å². The van der Waals surface area contributed by atoms with E-state index in [9.17, 15) is 18.0 Å². The summed E-state index contributed by atoms with van der Waals surface area (Å²) in [6.07, 6.45) is 1.52. The van der Waals surface area contributed by atoms with Gasteiger partial charge in [-0.3, -0.25) is 13.9 Å². The van der Waals surface area contributed by atoms with Crippen LogP contribution < -0.4 is 9.62 Å². The second-order valence-electron chi connectivity index (χ2n) is 9.61. The summed E-state index contributed by atoms with van der Waals surface area (Å²) in [4.78, 5) is 26.8. The second kappa shape index (κ2) is 11.2. The Morgan fingerprint density at radius 2 is 1.59 bits per heavy atom. The zero-order chi connectivity index (χ0) is 26.6. The van der Waals surface area contributed by atoms with Crippen LogP contribution in [-0.2, 0) is 32.7 Å². The van der Waals surface area contributed by atoms with Crippen molar-refractivity contribution in [3.63, 3.8) is 0 Å². The third-order valence-corrected chi connectivity index (χ3v) is 8.52. The SMILES string of the molecule is Cc1ccc(S(=O)(=O)N(CC(=O)NCc2ccc(CN3CCCC3=O)cc2)c2ccc(C)c(C)c2)cc1. The molecule has 0 saturated carbocycles. The van der Waals surface area contributed by atoms with Crippen LogP contribution in [0.2, 0.25) is 0 Å². The minimum atomic E-state index is -3.96. The standard InChI is InChI=1S/C29H33N3O4S/c1-21-6-14-27(15-7-21)37(35,36)32(26-13-8-22(2)23(3)17-26)20-28(33)30-18-24-9-11-25(12-10-24)19-31-16-4-5-29(31)34/h6-15,17H,4-5,16,18-20H2,1-3H3,(H,30,33). The summed E-state index contributed by atoms with van der Waals surface area (Å²) < 4.78 is 28.3. The third kappa shape index (κ3) is 6.38. The number of nitrogens with one attached hydrogen (secondary N) is 1. The van der Waals surface area contributed by atoms with Crippen molar-refractivity contribution in [2.45, 2.75) is 51.6 Å². The van der Waals surface area contributed by atoms with Gasteiger partial charge in [0.15, 0.2) is 0 Å². The maximum atomic E-state index is 13.6. The van der Waals surface area contributed by atoms with Crippen molar-refractivity contribution in [2.24, 2.45) is 0 Å².